The number of carboxylic acids is 1. The summed E-state index contributed by atoms with van der Waals surface area (Å²) in [5, 5.41) is 11.7. The Hall–Kier alpha value is -2.86. The van der Waals surface area contributed by atoms with E-state index in [-0.39, 0.29) is 6.42 Å². The predicted molar refractivity (Wildman–Crippen MR) is 90.5 cm³/mol. The molecule has 0 bridgehead atoms. The maximum Gasteiger partial charge on any atom is 0.338 e. The Bertz CT molecular complexity index is 729. The molecule has 130 valence electrons. The standard InChI is InChI=1S/C19H19NO5/c21-18(22)17-10-16(11-20-17)25-19(23)14-6-8-15(9-7-14)24-12-13-4-2-1-3-5-13/h1-9,16-17,20H,10-12H2,(H,21,22)/t16-,17-/m0/s1. The molecule has 2 N–H and O–H groups in total. The molecule has 0 spiro atoms. The Morgan fingerprint density at radius 1 is 1.08 bits per heavy atom. The van der Waals surface area contributed by atoms with E-state index in [0.717, 1.165) is 5.56 Å². The van der Waals surface area contributed by atoms with Crippen LogP contribution in [0.25, 0.3) is 0 Å². The Morgan fingerprint density at radius 2 is 1.80 bits per heavy atom. The van der Waals surface area contributed by atoms with Gasteiger partial charge in [0.25, 0.3) is 0 Å². The maximum absolute atomic E-state index is 12.1. The third-order valence-corrected chi connectivity index (χ3v) is 4.00. The van der Waals surface area contributed by atoms with Gasteiger partial charge in [0.05, 0.1) is 5.56 Å². The molecule has 1 aliphatic rings. The number of hydrogen-bond donors (Lipinski definition) is 2. The van der Waals surface area contributed by atoms with Gasteiger partial charge in [-0.2, -0.15) is 0 Å². The lowest BCUT2D eigenvalue weighted by Crippen LogP contribution is -2.30. The molecule has 1 heterocycles. The third kappa shape index (κ3) is 4.58. The molecular weight excluding hydrogens is 322 g/mol. The molecule has 2 atom stereocenters. The largest absolute Gasteiger partial charge is 0.489 e. The molecule has 0 aliphatic carbocycles. The second-order valence-electron chi connectivity index (χ2n) is 5.86. The maximum atomic E-state index is 12.1. The normalized spacial score (nSPS) is 19.4. The highest BCUT2D eigenvalue weighted by Crippen LogP contribution is 2.17. The summed E-state index contributed by atoms with van der Waals surface area (Å²) >= 11 is 0. The fourth-order valence-electron chi connectivity index (χ4n) is 2.63. The van der Waals surface area contributed by atoms with Gasteiger partial charge in [0.15, 0.2) is 0 Å². The highest BCUT2D eigenvalue weighted by molar-refractivity contribution is 5.89. The summed E-state index contributed by atoms with van der Waals surface area (Å²) in [5.74, 6) is -0.736. The monoisotopic (exact) mass is 341 g/mol. The second-order valence-corrected chi connectivity index (χ2v) is 5.86. The van der Waals surface area contributed by atoms with Crippen LogP contribution in [0.5, 0.6) is 5.75 Å². The lowest BCUT2D eigenvalue weighted by molar-refractivity contribution is -0.139. The molecule has 0 aromatic heterocycles. The molecule has 2 aromatic carbocycles. The average molecular weight is 341 g/mol. The first kappa shape index (κ1) is 17.0. The molecule has 0 saturated carbocycles. The van der Waals surface area contributed by atoms with Crippen molar-refractivity contribution in [3.8, 4) is 5.75 Å². The number of hydrogen-bond acceptors (Lipinski definition) is 5. The number of esters is 1. The van der Waals surface area contributed by atoms with E-state index >= 15 is 0 Å². The summed E-state index contributed by atoms with van der Waals surface area (Å²) in [5.41, 5.74) is 1.47. The van der Waals surface area contributed by atoms with Crippen LogP contribution >= 0.6 is 0 Å². The van der Waals surface area contributed by atoms with Gasteiger partial charge in [-0.05, 0) is 29.8 Å². The molecule has 0 radical (unpaired) electrons. The lowest BCUT2D eigenvalue weighted by atomic mass is 10.2. The number of carbonyl (C=O) groups excluding carboxylic acids is 1. The summed E-state index contributed by atoms with van der Waals surface area (Å²) in [6.45, 7) is 0.802. The molecular formula is C19H19NO5. The van der Waals surface area contributed by atoms with Crippen LogP contribution in [-0.2, 0) is 16.1 Å². The molecule has 3 rings (SSSR count). The highest BCUT2D eigenvalue weighted by Gasteiger charge is 2.31. The average Bonchev–Trinajstić information content (AvgIpc) is 3.10. The van der Waals surface area contributed by atoms with Gasteiger partial charge >= 0.3 is 11.9 Å². The zero-order valence-corrected chi connectivity index (χ0v) is 13.6. The van der Waals surface area contributed by atoms with E-state index in [1.165, 1.54) is 0 Å². The van der Waals surface area contributed by atoms with Crippen molar-refractivity contribution in [2.24, 2.45) is 0 Å². The van der Waals surface area contributed by atoms with Crippen LogP contribution in [0.2, 0.25) is 0 Å². The molecule has 1 aliphatic heterocycles. The first-order chi connectivity index (χ1) is 12.1. The number of benzene rings is 2. The molecule has 1 saturated heterocycles. The van der Waals surface area contributed by atoms with E-state index < -0.39 is 24.1 Å². The van der Waals surface area contributed by atoms with Crippen molar-refractivity contribution in [1.29, 1.82) is 0 Å². The van der Waals surface area contributed by atoms with Crippen LogP contribution in [0.3, 0.4) is 0 Å². The minimum atomic E-state index is -0.932. The Balaban J connectivity index is 1.51. The third-order valence-electron chi connectivity index (χ3n) is 4.00. The van der Waals surface area contributed by atoms with Gasteiger partial charge in [-0.3, -0.25) is 4.79 Å². The highest BCUT2D eigenvalue weighted by atomic mass is 16.5. The van der Waals surface area contributed by atoms with Gasteiger partial charge in [0.2, 0.25) is 0 Å². The van der Waals surface area contributed by atoms with Gasteiger partial charge in [-0.1, -0.05) is 30.3 Å². The van der Waals surface area contributed by atoms with Crippen molar-refractivity contribution in [3.05, 3.63) is 65.7 Å². The number of rotatable bonds is 6. The lowest BCUT2D eigenvalue weighted by Gasteiger charge is -2.11. The Labute approximate surface area is 145 Å². The van der Waals surface area contributed by atoms with Gasteiger partial charge in [0, 0.05) is 13.0 Å². The summed E-state index contributed by atoms with van der Waals surface area (Å²) in [7, 11) is 0. The van der Waals surface area contributed by atoms with E-state index in [2.05, 4.69) is 5.32 Å². The quantitative estimate of drug-likeness (QED) is 0.784. The van der Waals surface area contributed by atoms with Crippen molar-refractivity contribution in [2.45, 2.75) is 25.2 Å². The van der Waals surface area contributed by atoms with Crippen molar-refractivity contribution in [1.82, 2.24) is 5.32 Å². The molecule has 25 heavy (non-hydrogen) atoms. The van der Waals surface area contributed by atoms with Crippen LogP contribution < -0.4 is 10.1 Å². The van der Waals surface area contributed by atoms with Gasteiger partial charge < -0.3 is 19.9 Å². The van der Waals surface area contributed by atoms with Crippen LogP contribution in [0, 0.1) is 0 Å². The topological polar surface area (TPSA) is 84.9 Å². The number of nitrogens with one attached hydrogen (secondary N) is 1. The fourth-order valence-corrected chi connectivity index (χ4v) is 2.63. The first-order valence-electron chi connectivity index (χ1n) is 8.06. The smallest absolute Gasteiger partial charge is 0.338 e. The van der Waals surface area contributed by atoms with Crippen LogP contribution in [0.4, 0.5) is 0 Å². The predicted octanol–water partition coefficient (Wildman–Crippen LogP) is 2.24. The van der Waals surface area contributed by atoms with E-state index in [9.17, 15) is 9.59 Å². The second kappa shape index (κ2) is 7.81. The van der Waals surface area contributed by atoms with E-state index in [1.807, 2.05) is 30.3 Å². The molecule has 2 aromatic rings. The zero-order chi connectivity index (χ0) is 17.6. The van der Waals surface area contributed by atoms with Crippen molar-refractivity contribution >= 4 is 11.9 Å². The Kier molecular flexibility index (Phi) is 5.30. The summed E-state index contributed by atoms with van der Waals surface area (Å²) in [6.07, 6.45) is -0.151. The number of carbonyl (C=O) groups is 2. The summed E-state index contributed by atoms with van der Waals surface area (Å²) < 4.78 is 11.0. The summed E-state index contributed by atoms with van der Waals surface area (Å²) in [6, 6.07) is 15.8. The van der Waals surface area contributed by atoms with E-state index in [0.29, 0.717) is 24.5 Å². The van der Waals surface area contributed by atoms with Crippen molar-refractivity contribution in [2.75, 3.05) is 6.54 Å². The minimum absolute atomic E-state index is 0.277. The van der Waals surface area contributed by atoms with Crippen LogP contribution in [0.15, 0.2) is 54.6 Å². The van der Waals surface area contributed by atoms with Crippen molar-refractivity contribution < 1.29 is 24.2 Å². The van der Waals surface area contributed by atoms with Gasteiger partial charge in [-0.15, -0.1) is 0 Å². The fraction of sp³-hybridized carbons (Fsp3) is 0.263. The van der Waals surface area contributed by atoms with Gasteiger partial charge in [-0.25, -0.2) is 4.79 Å². The van der Waals surface area contributed by atoms with Crippen molar-refractivity contribution in [3.63, 3.8) is 0 Å². The zero-order valence-electron chi connectivity index (χ0n) is 13.6. The Morgan fingerprint density at radius 3 is 2.44 bits per heavy atom. The van der Waals surface area contributed by atoms with Gasteiger partial charge in [0.1, 0.15) is 24.5 Å². The molecule has 0 unspecified atom stereocenters. The minimum Gasteiger partial charge on any atom is -0.489 e. The van der Waals surface area contributed by atoms with Crippen LogP contribution in [-0.4, -0.2) is 35.7 Å². The number of ether oxygens (including phenoxy) is 2. The van der Waals surface area contributed by atoms with E-state index in [1.54, 1.807) is 24.3 Å². The first-order valence-corrected chi connectivity index (χ1v) is 8.06. The molecule has 1 fully saturated rings. The van der Waals surface area contributed by atoms with Crippen LogP contribution in [0.1, 0.15) is 22.3 Å². The molecule has 6 heteroatoms. The summed E-state index contributed by atoms with van der Waals surface area (Å²) in [4.78, 5) is 23.0. The molecule has 6 nitrogen and oxygen atoms in total. The molecule has 0 amide bonds. The van der Waals surface area contributed by atoms with E-state index in [4.69, 9.17) is 14.6 Å². The number of carboxylic acid groups (broad SMARTS) is 1. The SMILES string of the molecule is O=C(O[C@@H]1CN[C@H](C(=O)O)C1)c1ccc(OCc2ccccc2)cc1. The number of aliphatic carboxylic acids is 1.